The Kier molecular flexibility index (Phi) is 5.75. The SMILES string of the molecule is CC(C)COC(=O)NCC1(CO)CCCCC1. The van der Waals surface area contributed by atoms with E-state index in [1.165, 1.54) is 6.42 Å². The number of nitrogens with one attached hydrogen (secondary N) is 1. The Morgan fingerprint density at radius 2 is 2.00 bits per heavy atom. The summed E-state index contributed by atoms with van der Waals surface area (Å²) in [5, 5.41) is 12.3. The van der Waals surface area contributed by atoms with E-state index in [0.29, 0.717) is 19.1 Å². The second-order valence-corrected chi connectivity index (χ2v) is 5.56. The molecule has 4 nitrogen and oxygen atoms in total. The predicted octanol–water partition coefficient (Wildman–Crippen LogP) is 2.31. The smallest absolute Gasteiger partial charge is 0.407 e. The number of carbonyl (C=O) groups is 1. The number of alkyl carbamates (subject to hydrolysis) is 1. The van der Waals surface area contributed by atoms with Crippen molar-refractivity contribution in [3.05, 3.63) is 0 Å². The third-order valence-corrected chi connectivity index (χ3v) is 3.41. The standard InChI is InChI=1S/C13H25NO3/c1-11(2)8-17-12(16)14-9-13(10-15)6-4-3-5-7-13/h11,15H,3-10H2,1-2H3,(H,14,16). The molecular weight excluding hydrogens is 218 g/mol. The first-order chi connectivity index (χ1) is 8.08. The number of rotatable bonds is 5. The van der Waals surface area contributed by atoms with Gasteiger partial charge in [-0.25, -0.2) is 4.79 Å². The third kappa shape index (κ3) is 4.94. The van der Waals surface area contributed by atoms with E-state index in [4.69, 9.17) is 4.74 Å². The maximum absolute atomic E-state index is 11.4. The fourth-order valence-electron chi connectivity index (χ4n) is 2.25. The molecule has 0 heterocycles. The minimum Gasteiger partial charge on any atom is -0.449 e. The van der Waals surface area contributed by atoms with Gasteiger partial charge < -0.3 is 15.2 Å². The zero-order valence-electron chi connectivity index (χ0n) is 11.0. The molecule has 100 valence electrons. The van der Waals surface area contributed by atoms with Gasteiger partial charge in [-0.15, -0.1) is 0 Å². The molecule has 1 amide bonds. The number of ether oxygens (including phenoxy) is 1. The van der Waals surface area contributed by atoms with E-state index < -0.39 is 0 Å². The highest BCUT2D eigenvalue weighted by atomic mass is 16.5. The summed E-state index contributed by atoms with van der Waals surface area (Å²) in [6, 6.07) is 0. The number of aliphatic hydroxyl groups is 1. The lowest BCUT2D eigenvalue weighted by Gasteiger charge is -2.35. The van der Waals surface area contributed by atoms with Crippen LogP contribution in [0, 0.1) is 11.3 Å². The lowest BCUT2D eigenvalue weighted by Crippen LogP contribution is -2.41. The van der Waals surface area contributed by atoms with Crippen LogP contribution in [-0.2, 0) is 4.74 Å². The lowest BCUT2D eigenvalue weighted by molar-refractivity contribution is 0.0748. The molecule has 0 saturated heterocycles. The topological polar surface area (TPSA) is 58.6 Å². The van der Waals surface area contributed by atoms with Crippen LogP contribution >= 0.6 is 0 Å². The van der Waals surface area contributed by atoms with Gasteiger partial charge in [-0.1, -0.05) is 33.1 Å². The molecule has 0 spiro atoms. The largest absolute Gasteiger partial charge is 0.449 e. The highest BCUT2D eigenvalue weighted by Crippen LogP contribution is 2.35. The number of amides is 1. The Balaban J connectivity index is 2.29. The van der Waals surface area contributed by atoms with Crippen LogP contribution in [0.2, 0.25) is 0 Å². The summed E-state index contributed by atoms with van der Waals surface area (Å²) in [4.78, 5) is 11.4. The lowest BCUT2D eigenvalue weighted by atomic mass is 9.74. The summed E-state index contributed by atoms with van der Waals surface area (Å²) in [6.07, 6.45) is 5.14. The minimum absolute atomic E-state index is 0.116. The zero-order valence-corrected chi connectivity index (χ0v) is 11.0. The monoisotopic (exact) mass is 243 g/mol. The first-order valence-corrected chi connectivity index (χ1v) is 6.59. The van der Waals surface area contributed by atoms with Crippen molar-refractivity contribution >= 4 is 6.09 Å². The van der Waals surface area contributed by atoms with E-state index in [2.05, 4.69) is 5.32 Å². The molecule has 0 aliphatic heterocycles. The van der Waals surface area contributed by atoms with Crippen molar-refractivity contribution in [3.63, 3.8) is 0 Å². The van der Waals surface area contributed by atoms with Crippen LogP contribution in [0.1, 0.15) is 46.0 Å². The van der Waals surface area contributed by atoms with Crippen molar-refractivity contribution < 1.29 is 14.6 Å². The molecule has 0 aromatic heterocycles. The van der Waals surface area contributed by atoms with E-state index in [9.17, 15) is 9.90 Å². The average Bonchev–Trinajstić information content (AvgIpc) is 2.35. The van der Waals surface area contributed by atoms with E-state index in [1.807, 2.05) is 13.8 Å². The summed E-state index contributed by atoms with van der Waals surface area (Å²) < 4.78 is 5.05. The van der Waals surface area contributed by atoms with Gasteiger partial charge in [0.2, 0.25) is 0 Å². The molecule has 17 heavy (non-hydrogen) atoms. The molecule has 1 saturated carbocycles. The predicted molar refractivity (Wildman–Crippen MR) is 66.8 cm³/mol. The van der Waals surface area contributed by atoms with Gasteiger partial charge in [0.25, 0.3) is 0 Å². The Labute approximate surface area is 104 Å². The van der Waals surface area contributed by atoms with E-state index in [1.54, 1.807) is 0 Å². The Hall–Kier alpha value is -0.770. The first-order valence-electron chi connectivity index (χ1n) is 6.59. The van der Waals surface area contributed by atoms with Crippen molar-refractivity contribution in [2.45, 2.75) is 46.0 Å². The molecule has 0 unspecified atom stereocenters. The normalized spacial score (nSPS) is 19.1. The van der Waals surface area contributed by atoms with Gasteiger partial charge in [-0.3, -0.25) is 0 Å². The third-order valence-electron chi connectivity index (χ3n) is 3.41. The molecule has 0 atom stereocenters. The summed E-state index contributed by atoms with van der Waals surface area (Å²) in [5.41, 5.74) is -0.116. The van der Waals surface area contributed by atoms with E-state index >= 15 is 0 Å². The molecule has 0 aromatic rings. The van der Waals surface area contributed by atoms with Crippen LogP contribution < -0.4 is 5.32 Å². The van der Waals surface area contributed by atoms with Crippen LogP contribution in [0.5, 0.6) is 0 Å². The number of aliphatic hydroxyl groups excluding tert-OH is 1. The number of hydrogen-bond acceptors (Lipinski definition) is 3. The first kappa shape index (κ1) is 14.3. The molecule has 0 aromatic carbocycles. The average molecular weight is 243 g/mol. The van der Waals surface area contributed by atoms with Crippen LogP contribution in [-0.4, -0.2) is 31.0 Å². The molecule has 4 heteroatoms. The van der Waals surface area contributed by atoms with Crippen molar-refractivity contribution in [1.82, 2.24) is 5.32 Å². The number of hydrogen-bond donors (Lipinski definition) is 2. The van der Waals surface area contributed by atoms with Crippen molar-refractivity contribution in [3.8, 4) is 0 Å². The maximum Gasteiger partial charge on any atom is 0.407 e. The zero-order chi connectivity index (χ0) is 12.7. The fourth-order valence-corrected chi connectivity index (χ4v) is 2.25. The van der Waals surface area contributed by atoms with Gasteiger partial charge in [0.05, 0.1) is 13.2 Å². The second-order valence-electron chi connectivity index (χ2n) is 5.56. The van der Waals surface area contributed by atoms with Gasteiger partial charge in [0.1, 0.15) is 0 Å². The Morgan fingerprint density at radius 1 is 1.35 bits per heavy atom. The van der Waals surface area contributed by atoms with Gasteiger partial charge >= 0.3 is 6.09 Å². The second kappa shape index (κ2) is 6.84. The number of carbonyl (C=O) groups excluding carboxylic acids is 1. The van der Waals surface area contributed by atoms with Crippen molar-refractivity contribution in [2.75, 3.05) is 19.8 Å². The summed E-state index contributed by atoms with van der Waals surface area (Å²) in [7, 11) is 0. The highest BCUT2D eigenvalue weighted by molar-refractivity contribution is 5.67. The van der Waals surface area contributed by atoms with Gasteiger partial charge in [0.15, 0.2) is 0 Å². The molecule has 2 N–H and O–H groups in total. The molecule has 1 aliphatic carbocycles. The van der Waals surface area contributed by atoms with Crippen molar-refractivity contribution in [1.29, 1.82) is 0 Å². The van der Waals surface area contributed by atoms with Gasteiger partial charge in [-0.2, -0.15) is 0 Å². The maximum atomic E-state index is 11.4. The summed E-state index contributed by atoms with van der Waals surface area (Å²) >= 11 is 0. The van der Waals surface area contributed by atoms with Crippen LogP contribution in [0.15, 0.2) is 0 Å². The molecule has 1 fully saturated rings. The Morgan fingerprint density at radius 3 is 2.53 bits per heavy atom. The minimum atomic E-state index is -0.364. The van der Waals surface area contributed by atoms with Gasteiger partial charge in [0, 0.05) is 12.0 Å². The summed E-state index contributed by atoms with van der Waals surface area (Å²) in [5.74, 6) is 0.349. The molecule has 1 aliphatic rings. The van der Waals surface area contributed by atoms with E-state index in [-0.39, 0.29) is 18.1 Å². The van der Waals surface area contributed by atoms with Crippen LogP contribution in [0.4, 0.5) is 4.79 Å². The van der Waals surface area contributed by atoms with Crippen LogP contribution in [0.3, 0.4) is 0 Å². The fraction of sp³-hybridized carbons (Fsp3) is 0.923. The van der Waals surface area contributed by atoms with Gasteiger partial charge in [-0.05, 0) is 18.8 Å². The van der Waals surface area contributed by atoms with Crippen molar-refractivity contribution in [2.24, 2.45) is 11.3 Å². The molecular formula is C13H25NO3. The molecule has 0 radical (unpaired) electrons. The van der Waals surface area contributed by atoms with E-state index in [0.717, 1.165) is 25.7 Å². The van der Waals surface area contributed by atoms with Crippen LogP contribution in [0.25, 0.3) is 0 Å². The Bertz CT molecular complexity index is 235. The summed E-state index contributed by atoms with van der Waals surface area (Å²) in [6.45, 7) is 5.13. The highest BCUT2D eigenvalue weighted by Gasteiger charge is 2.31. The quantitative estimate of drug-likeness (QED) is 0.779. The molecule has 1 rings (SSSR count). The molecule has 0 bridgehead atoms.